The number of hydrogen-bond acceptors (Lipinski definition) is 5. The van der Waals surface area contributed by atoms with Crippen LogP contribution in [-0.2, 0) is 0 Å². The fourth-order valence-corrected chi connectivity index (χ4v) is 6.55. The summed E-state index contributed by atoms with van der Waals surface area (Å²) in [7, 11) is 0. The predicted octanol–water partition coefficient (Wildman–Crippen LogP) is 8.07. The van der Waals surface area contributed by atoms with Gasteiger partial charge in [-0.1, -0.05) is 36.4 Å². The van der Waals surface area contributed by atoms with Crippen LogP contribution in [0.15, 0.2) is 116 Å². The third kappa shape index (κ3) is 3.17. The topological polar surface area (TPSA) is 56.5 Å². The minimum Gasteiger partial charge on any atom is -0.307 e. The molecule has 0 amide bonds. The van der Waals surface area contributed by atoms with Crippen molar-refractivity contribution in [3.63, 3.8) is 0 Å². The molecule has 0 N–H and O–H groups in total. The van der Waals surface area contributed by atoms with Crippen molar-refractivity contribution in [3.8, 4) is 28.5 Å². The lowest BCUT2D eigenvalue weighted by molar-refractivity contribution is 1.14. The number of aromatic nitrogens is 5. The van der Waals surface area contributed by atoms with E-state index in [1.807, 2.05) is 60.0 Å². The number of fused-ring (bicyclic) bond motifs is 7. The maximum Gasteiger partial charge on any atom is 0.0977 e. The van der Waals surface area contributed by atoms with Crippen LogP contribution >= 0.6 is 11.3 Å². The zero-order valence-corrected chi connectivity index (χ0v) is 20.9. The van der Waals surface area contributed by atoms with Gasteiger partial charge in [-0.25, -0.2) is 4.98 Å². The monoisotopic (exact) mass is 505 g/mol. The number of hydrogen-bond donors (Lipinski definition) is 0. The molecule has 0 saturated heterocycles. The van der Waals surface area contributed by atoms with E-state index < -0.39 is 0 Å². The molecule has 6 heterocycles. The molecule has 0 aliphatic heterocycles. The van der Waals surface area contributed by atoms with E-state index in [1.54, 1.807) is 12.4 Å². The van der Waals surface area contributed by atoms with Gasteiger partial charge in [-0.15, -0.1) is 11.3 Å². The number of nitrogens with zero attached hydrogens (tertiary/aromatic N) is 5. The molecule has 6 aromatic heterocycles. The quantitative estimate of drug-likeness (QED) is 0.244. The first kappa shape index (κ1) is 21.2. The van der Waals surface area contributed by atoms with Crippen LogP contribution in [0.2, 0.25) is 0 Å². The molecule has 178 valence electrons. The van der Waals surface area contributed by atoms with Gasteiger partial charge in [0.1, 0.15) is 0 Å². The van der Waals surface area contributed by atoms with Gasteiger partial charge in [0.05, 0.1) is 45.0 Å². The fraction of sp³-hybridized carbons (Fsp3) is 0. The van der Waals surface area contributed by atoms with Gasteiger partial charge in [0.15, 0.2) is 0 Å². The summed E-state index contributed by atoms with van der Waals surface area (Å²) in [6.07, 6.45) is 5.48. The predicted molar refractivity (Wildman–Crippen MR) is 156 cm³/mol. The average molecular weight is 506 g/mol. The summed E-state index contributed by atoms with van der Waals surface area (Å²) in [5, 5.41) is 3.72. The highest BCUT2D eigenvalue weighted by molar-refractivity contribution is 7.26. The van der Waals surface area contributed by atoms with Gasteiger partial charge in [0, 0.05) is 44.1 Å². The van der Waals surface area contributed by atoms with Crippen LogP contribution in [0.1, 0.15) is 0 Å². The van der Waals surface area contributed by atoms with E-state index >= 15 is 0 Å². The molecule has 0 radical (unpaired) electrons. The molecule has 0 aliphatic carbocycles. The molecule has 5 nitrogen and oxygen atoms in total. The minimum atomic E-state index is 0.797. The van der Waals surface area contributed by atoms with Crippen molar-refractivity contribution >= 4 is 53.4 Å². The van der Waals surface area contributed by atoms with Crippen LogP contribution in [0.5, 0.6) is 0 Å². The minimum absolute atomic E-state index is 0.797. The summed E-state index contributed by atoms with van der Waals surface area (Å²) in [6.45, 7) is 0. The highest BCUT2D eigenvalue weighted by atomic mass is 32.1. The van der Waals surface area contributed by atoms with Gasteiger partial charge in [-0.2, -0.15) is 0 Å². The second-order valence-electron chi connectivity index (χ2n) is 9.17. The van der Waals surface area contributed by atoms with Gasteiger partial charge in [0.2, 0.25) is 0 Å². The Bertz CT molecular complexity index is 2070. The van der Waals surface area contributed by atoms with Crippen LogP contribution in [0.3, 0.4) is 0 Å². The first-order valence-electron chi connectivity index (χ1n) is 12.4. The van der Waals surface area contributed by atoms with Crippen molar-refractivity contribution in [1.82, 2.24) is 24.5 Å². The molecular weight excluding hydrogens is 486 g/mol. The van der Waals surface area contributed by atoms with E-state index in [0.29, 0.717) is 0 Å². The Balaban J connectivity index is 1.49. The SMILES string of the molecule is c1ccc(-c2cc(-n3c4cccnc4c4c5sc6ccccc6c5ccc43)cc(-c3ccccn3)n2)nc1. The van der Waals surface area contributed by atoms with Gasteiger partial charge in [-0.05, 0) is 60.7 Å². The van der Waals surface area contributed by atoms with Crippen molar-refractivity contribution in [2.75, 3.05) is 0 Å². The number of pyridine rings is 4. The zero-order valence-electron chi connectivity index (χ0n) is 20.1. The Kier molecular flexibility index (Phi) is 4.62. The Morgan fingerprint density at radius 2 is 1.26 bits per heavy atom. The van der Waals surface area contributed by atoms with E-state index in [9.17, 15) is 0 Å². The molecule has 8 rings (SSSR count). The van der Waals surface area contributed by atoms with Gasteiger partial charge >= 0.3 is 0 Å². The molecule has 38 heavy (non-hydrogen) atoms. The van der Waals surface area contributed by atoms with Crippen LogP contribution in [0.25, 0.3) is 70.6 Å². The van der Waals surface area contributed by atoms with Crippen LogP contribution in [0, 0.1) is 0 Å². The molecular formula is C32H19N5S. The van der Waals surface area contributed by atoms with Gasteiger partial charge < -0.3 is 4.57 Å². The standard InChI is InChI=1S/C32H19N5S/c1-2-12-29-21(8-1)22-13-14-27-30(32(22)38-29)31-28(11-7-17-35-31)37(27)20-18-25(23-9-3-5-15-33-23)36-26(19-20)24-10-4-6-16-34-24/h1-19H. The Labute approximate surface area is 221 Å². The van der Waals surface area contributed by atoms with E-state index in [0.717, 1.165) is 45.0 Å². The number of benzene rings is 2. The summed E-state index contributed by atoms with van der Waals surface area (Å²) < 4.78 is 4.84. The molecule has 6 heteroatoms. The molecule has 0 fully saturated rings. The lowest BCUT2D eigenvalue weighted by Crippen LogP contribution is -1.99. The molecule has 8 aromatic rings. The molecule has 0 saturated carbocycles. The highest BCUT2D eigenvalue weighted by Crippen LogP contribution is 2.43. The Morgan fingerprint density at radius 3 is 2.00 bits per heavy atom. The summed E-state index contributed by atoms with van der Waals surface area (Å²) in [6, 6.07) is 33.2. The second kappa shape index (κ2) is 8.30. The van der Waals surface area contributed by atoms with Gasteiger partial charge in [0.25, 0.3) is 0 Å². The maximum absolute atomic E-state index is 4.97. The zero-order chi connectivity index (χ0) is 25.1. The normalized spacial score (nSPS) is 11.7. The third-order valence-electron chi connectivity index (χ3n) is 6.95. The summed E-state index contributed by atoms with van der Waals surface area (Å²) >= 11 is 1.83. The molecule has 0 spiro atoms. The van der Waals surface area contributed by atoms with E-state index in [4.69, 9.17) is 9.97 Å². The molecule has 0 atom stereocenters. The summed E-state index contributed by atoms with van der Waals surface area (Å²) in [4.78, 5) is 19.0. The first-order valence-corrected chi connectivity index (χ1v) is 13.2. The number of thiophene rings is 1. The van der Waals surface area contributed by atoms with Crippen molar-refractivity contribution in [2.45, 2.75) is 0 Å². The van der Waals surface area contributed by atoms with Crippen LogP contribution in [0.4, 0.5) is 0 Å². The van der Waals surface area contributed by atoms with E-state index in [1.165, 1.54) is 25.6 Å². The van der Waals surface area contributed by atoms with Gasteiger partial charge in [-0.3, -0.25) is 15.0 Å². The molecule has 2 aromatic carbocycles. The van der Waals surface area contributed by atoms with E-state index in [2.05, 4.69) is 69.1 Å². The van der Waals surface area contributed by atoms with Crippen LogP contribution < -0.4 is 0 Å². The van der Waals surface area contributed by atoms with Crippen molar-refractivity contribution in [3.05, 3.63) is 116 Å². The highest BCUT2D eigenvalue weighted by Gasteiger charge is 2.19. The smallest absolute Gasteiger partial charge is 0.0977 e. The Morgan fingerprint density at radius 1 is 0.553 bits per heavy atom. The average Bonchev–Trinajstić information content (AvgIpc) is 3.53. The lowest BCUT2D eigenvalue weighted by atomic mass is 10.1. The lowest BCUT2D eigenvalue weighted by Gasteiger charge is -2.12. The molecule has 0 aliphatic rings. The van der Waals surface area contributed by atoms with Crippen molar-refractivity contribution in [1.29, 1.82) is 0 Å². The fourth-order valence-electron chi connectivity index (χ4n) is 5.31. The largest absolute Gasteiger partial charge is 0.307 e. The van der Waals surface area contributed by atoms with Crippen molar-refractivity contribution < 1.29 is 0 Å². The Hall–Kier alpha value is -4.94. The molecule has 0 unspecified atom stereocenters. The molecule has 0 bridgehead atoms. The third-order valence-corrected chi connectivity index (χ3v) is 8.16. The van der Waals surface area contributed by atoms with E-state index in [-0.39, 0.29) is 0 Å². The summed E-state index contributed by atoms with van der Waals surface area (Å²) in [5.74, 6) is 0. The van der Waals surface area contributed by atoms with Crippen LogP contribution in [-0.4, -0.2) is 24.5 Å². The second-order valence-corrected chi connectivity index (χ2v) is 10.2. The van der Waals surface area contributed by atoms with Crippen molar-refractivity contribution in [2.24, 2.45) is 0 Å². The maximum atomic E-state index is 4.97. The summed E-state index contributed by atoms with van der Waals surface area (Å²) in [5.41, 5.74) is 7.39. The number of rotatable bonds is 3. The first-order chi connectivity index (χ1) is 18.8.